The average Bonchev–Trinajstić information content (AvgIpc) is 2.47. The lowest BCUT2D eigenvalue weighted by Crippen LogP contribution is -2.31. The Labute approximate surface area is 131 Å². The first-order chi connectivity index (χ1) is 10.4. The highest BCUT2D eigenvalue weighted by molar-refractivity contribution is 6.30. The molecule has 0 aliphatic heterocycles. The zero-order valence-electron chi connectivity index (χ0n) is 11.9. The predicted octanol–water partition coefficient (Wildman–Crippen LogP) is 2.16. The highest BCUT2D eigenvalue weighted by Gasteiger charge is 2.18. The minimum Gasteiger partial charge on any atom is -0.462 e. The Kier molecular flexibility index (Phi) is 6.16. The number of ether oxygens (including phenoxy) is 1. The van der Waals surface area contributed by atoms with Gasteiger partial charge >= 0.3 is 5.97 Å². The normalized spacial score (nSPS) is 10.5. The van der Waals surface area contributed by atoms with E-state index in [1.807, 2.05) is 0 Å². The van der Waals surface area contributed by atoms with E-state index in [-0.39, 0.29) is 28.6 Å². The molecule has 1 aromatic carbocycles. The van der Waals surface area contributed by atoms with Gasteiger partial charge < -0.3 is 10.2 Å². The summed E-state index contributed by atoms with van der Waals surface area (Å²) < 4.78 is 4.70. The van der Waals surface area contributed by atoms with Crippen molar-refractivity contribution in [3.05, 3.63) is 45.1 Å². The molecule has 0 aromatic heterocycles. The molecule has 0 fully saturated rings. The van der Waals surface area contributed by atoms with Crippen LogP contribution in [0.1, 0.15) is 6.92 Å². The van der Waals surface area contributed by atoms with Gasteiger partial charge in [-0.1, -0.05) is 11.6 Å². The van der Waals surface area contributed by atoms with Gasteiger partial charge in [0.1, 0.15) is 11.8 Å². The van der Waals surface area contributed by atoms with Gasteiger partial charge in [0.25, 0.3) is 5.69 Å². The zero-order valence-corrected chi connectivity index (χ0v) is 12.6. The van der Waals surface area contributed by atoms with E-state index in [4.69, 9.17) is 21.6 Å². The Bertz CT molecular complexity index is 654. The van der Waals surface area contributed by atoms with E-state index in [0.29, 0.717) is 0 Å². The van der Waals surface area contributed by atoms with E-state index >= 15 is 0 Å². The largest absolute Gasteiger partial charge is 0.462 e. The second-order valence-corrected chi connectivity index (χ2v) is 4.40. The summed E-state index contributed by atoms with van der Waals surface area (Å²) in [6, 6.07) is 5.82. The first-order valence-corrected chi connectivity index (χ1v) is 6.49. The third-order valence-corrected chi connectivity index (χ3v) is 2.75. The molecule has 0 aliphatic carbocycles. The molecular weight excluding hydrogens is 312 g/mol. The molecule has 0 aliphatic rings. The maximum atomic E-state index is 11.4. The number of carbonyl (C=O) groups excluding carboxylic acids is 1. The minimum absolute atomic E-state index is 0.135. The molecule has 22 heavy (non-hydrogen) atoms. The van der Waals surface area contributed by atoms with Gasteiger partial charge in [-0.25, -0.2) is 4.79 Å². The lowest BCUT2D eigenvalue weighted by molar-refractivity contribution is -0.384. The van der Waals surface area contributed by atoms with Crippen molar-refractivity contribution in [3.8, 4) is 6.07 Å². The number of hydrogen-bond donors (Lipinski definition) is 1. The van der Waals surface area contributed by atoms with Crippen LogP contribution in [-0.4, -0.2) is 24.5 Å². The first-order valence-electron chi connectivity index (χ1n) is 6.12. The van der Waals surface area contributed by atoms with Crippen molar-refractivity contribution >= 4 is 28.9 Å². The average molecular weight is 325 g/mol. The Morgan fingerprint density at radius 1 is 1.64 bits per heavy atom. The molecule has 116 valence electrons. The zero-order chi connectivity index (χ0) is 16.7. The summed E-state index contributed by atoms with van der Waals surface area (Å²) in [7, 11) is 1.49. The number of benzene rings is 1. The molecule has 0 heterocycles. The molecule has 0 saturated heterocycles. The second-order valence-electron chi connectivity index (χ2n) is 3.97. The Hall–Kier alpha value is -2.79. The van der Waals surface area contributed by atoms with E-state index in [0.717, 1.165) is 6.20 Å². The number of rotatable bonds is 6. The minimum atomic E-state index is -0.781. The van der Waals surface area contributed by atoms with Crippen molar-refractivity contribution < 1.29 is 14.5 Å². The first kappa shape index (κ1) is 17.3. The SMILES string of the molecule is CCOC(=O)/C(C#N)=C/NN(C)c1ccc(Cl)cc1[N+](=O)[O-]. The van der Waals surface area contributed by atoms with E-state index in [9.17, 15) is 14.9 Å². The number of nitro groups is 1. The second kappa shape index (κ2) is 7.85. The molecule has 0 atom stereocenters. The number of nitrogens with one attached hydrogen (secondary N) is 1. The number of anilines is 1. The van der Waals surface area contributed by atoms with Crippen molar-refractivity contribution in [2.45, 2.75) is 6.92 Å². The third-order valence-electron chi connectivity index (χ3n) is 2.51. The van der Waals surface area contributed by atoms with Gasteiger partial charge in [-0.2, -0.15) is 5.26 Å². The van der Waals surface area contributed by atoms with E-state index in [1.165, 1.54) is 30.3 Å². The molecular formula is C13H13ClN4O4. The number of halogens is 1. The molecule has 9 heteroatoms. The van der Waals surface area contributed by atoms with Crippen LogP contribution in [0.5, 0.6) is 0 Å². The number of hydrazine groups is 1. The summed E-state index contributed by atoms with van der Waals surface area (Å²) in [6.45, 7) is 1.75. The van der Waals surface area contributed by atoms with Crippen LogP contribution < -0.4 is 10.4 Å². The standard InChI is InChI=1S/C13H13ClN4O4/c1-3-22-13(19)9(7-15)8-16-17(2)11-5-4-10(14)6-12(11)18(20)21/h4-6,8,16H,3H2,1-2H3/b9-8+. The van der Waals surface area contributed by atoms with Crippen molar-refractivity contribution in [2.24, 2.45) is 0 Å². The summed E-state index contributed by atoms with van der Waals surface area (Å²) in [5.41, 5.74) is 2.34. The molecule has 0 saturated carbocycles. The molecule has 0 radical (unpaired) electrons. The Morgan fingerprint density at radius 3 is 2.86 bits per heavy atom. The van der Waals surface area contributed by atoms with Crippen molar-refractivity contribution in [3.63, 3.8) is 0 Å². The van der Waals surface area contributed by atoms with Gasteiger partial charge in [0.2, 0.25) is 0 Å². The van der Waals surface area contributed by atoms with Gasteiger partial charge in [-0.3, -0.25) is 15.1 Å². The van der Waals surface area contributed by atoms with E-state index < -0.39 is 10.9 Å². The van der Waals surface area contributed by atoms with Crippen LogP contribution in [0, 0.1) is 21.4 Å². The molecule has 1 N–H and O–H groups in total. The highest BCUT2D eigenvalue weighted by atomic mass is 35.5. The number of nitro benzene ring substituents is 1. The van der Waals surface area contributed by atoms with Crippen LogP contribution in [0.3, 0.4) is 0 Å². The number of nitriles is 1. The van der Waals surface area contributed by atoms with E-state index in [1.54, 1.807) is 13.0 Å². The van der Waals surface area contributed by atoms with Gasteiger partial charge in [0.05, 0.1) is 11.5 Å². The maximum absolute atomic E-state index is 11.4. The lowest BCUT2D eigenvalue weighted by atomic mass is 10.2. The third kappa shape index (κ3) is 4.36. The molecule has 1 aromatic rings. The van der Waals surface area contributed by atoms with Crippen LogP contribution in [0.25, 0.3) is 0 Å². The fourth-order valence-corrected chi connectivity index (χ4v) is 1.67. The van der Waals surface area contributed by atoms with Gasteiger partial charge in [0, 0.05) is 24.3 Å². The maximum Gasteiger partial charge on any atom is 0.350 e. The topological polar surface area (TPSA) is 108 Å². The highest BCUT2D eigenvalue weighted by Crippen LogP contribution is 2.29. The summed E-state index contributed by atoms with van der Waals surface area (Å²) in [6.07, 6.45) is 1.11. The summed E-state index contributed by atoms with van der Waals surface area (Å²) >= 11 is 5.73. The van der Waals surface area contributed by atoms with Crippen molar-refractivity contribution in [2.75, 3.05) is 18.7 Å². The van der Waals surface area contributed by atoms with Crippen LogP contribution in [-0.2, 0) is 9.53 Å². The van der Waals surface area contributed by atoms with E-state index in [2.05, 4.69) is 5.43 Å². The number of carbonyl (C=O) groups is 1. The molecule has 0 unspecified atom stereocenters. The number of nitrogens with zero attached hydrogens (tertiary/aromatic N) is 3. The summed E-state index contributed by atoms with van der Waals surface area (Å²) in [4.78, 5) is 21.9. The molecule has 1 rings (SSSR count). The smallest absolute Gasteiger partial charge is 0.350 e. The monoisotopic (exact) mass is 324 g/mol. The fourth-order valence-electron chi connectivity index (χ4n) is 1.50. The Balaban J connectivity index is 2.98. The summed E-state index contributed by atoms with van der Waals surface area (Å²) in [5, 5.41) is 21.4. The number of esters is 1. The van der Waals surface area contributed by atoms with Crippen LogP contribution >= 0.6 is 11.6 Å². The molecule has 0 bridgehead atoms. The Morgan fingerprint density at radius 2 is 2.32 bits per heavy atom. The van der Waals surface area contributed by atoms with Gasteiger partial charge in [-0.15, -0.1) is 0 Å². The fraction of sp³-hybridized carbons (Fsp3) is 0.231. The van der Waals surface area contributed by atoms with Crippen LogP contribution in [0.2, 0.25) is 5.02 Å². The predicted molar refractivity (Wildman–Crippen MR) is 80.0 cm³/mol. The quantitative estimate of drug-likeness (QED) is 0.281. The van der Waals surface area contributed by atoms with Crippen molar-refractivity contribution in [1.29, 1.82) is 5.26 Å². The van der Waals surface area contributed by atoms with Crippen LogP contribution in [0.4, 0.5) is 11.4 Å². The molecule has 0 spiro atoms. The molecule has 8 nitrogen and oxygen atoms in total. The van der Waals surface area contributed by atoms with Crippen LogP contribution in [0.15, 0.2) is 30.0 Å². The lowest BCUT2D eigenvalue weighted by Gasteiger charge is -2.19. The molecule has 0 amide bonds. The van der Waals surface area contributed by atoms with Gasteiger partial charge in [-0.05, 0) is 19.1 Å². The van der Waals surface area contributed by atoms with Gasteiger partial charge in [0.15, 0.2) is 5.57 Å². The number of hydrogen-bond acceptors (Lipinski definition) is 7. The summed E-state index contributed by atoms with van der Waals surface area (Å²) in [5.74, 6) is -0.781. The van der Waals surface area contributed by atoms with Crippen molar-refractivity contribution in [1.82, 2.24) is 5.43 Å².